The number of carbonyl (C=O) groups is 4. The number of hydrogen-bond donors (Lipinski definition) is 3. The Balaban J connectivity index is 2.53. The Bertz CT molecular complexity index is 883. The van der Waals surface area contributed by atoms with E-state index in [1.807, 2.05) is 0 Å². The second-order valence-corrected chi connectivity index (χ2v) is 6.22. The molecule has 0 saturated heterocycles. The fourth-order valence-corrected chi connectivity index (χ4v) is 2.73. The van der Waals surface area contributed by atoms with Gasteiger partial charge in [-0.1, -0.05) is 23.9 Å². The smallest absolute Gasteiger partial charge is 0.359 e. The number of aliphatic imine (C=N–C) groups is 1. The molecule has 1 aliphatic heterocycles. The van der Waals surface area contributed by atoms with Crippen LogP contribution in [0.4, 0.5) is 0 Å². The van der Waals surface area contributed by atoms with Crippen LogP contribution in [0.15, 0.2) is 51.7 Å². The summed E-state index contributed by atoms with van der Waals surface area (Å²) in [4.78, 5) is 51.4. The molecular weight excluding hydrogens is 394 g/mol. The van der Waals surface area contributed by atoms with Gasteiger partial charge in [0.2, 0.25) is 10.8 Å². The molecule has 0 atom stereocenters. The number of aliphatic carboxylic acids is 1. The Hall–Kier alpha value is -3.05. The third kappa shape index (κ3) is 5.21. The summed E-state index contributed by atoms with van der Waals surface area (Å²) in [7, 11) is 1.48. The van der Waals surface area contributed by atoms with Crippen molar-refractivity contribution in [2.24, 2.45) is 4.99 Å². The maximum atomic E-state index is 12.3. The number of carbonyl (C=O) groups excluding carboxylic acids is 3. The van der Waals surface area contributed by atoms with Crippen LogP contribution in [0.25, 0.3) is 0 Å². The molecule has 0 fully saturated rings. The number of fused-ring (bicyclic) bond motifs is 1. The molecule has 0 radical (unpaired) electrons. The van der Waals surface area contributed by atoms with E-state index < -0.39 is 34.4 Å². The number of amides is 1. The fourth-order valence-electron chi connectivity index (χ4n) is 1.90. The summed E-state index contributed by atoms with van der Waals surface area (Å²) in [6, 6.07) is 0. The number of thiocarbonyl (C=S) groups is 1. The van der Waals surface area contributed by atoms with Crippen LogP contribution in [0.1, 0.15) is 6.42 Å². The number of ether oxygens (including phenoxy) is 1. The summed E-state index contributed by atoms with van der Waals surface area (Å²) in [5.41, 5.74) is -0.747. The molecule has 2 aliphatic rings. The lowest BCUT2D eigenvalue weighted by Crippen LogP contribution is -2.35. The minimum Gasteiger partial charge on any atom is -0.476 e. The molecule has 140 valence electrons. The van der Waals surface area contributed by atoms with E-state index in [4.69, 9.17) is 17.0 Å². The molecule has 1 aliphatic carbocycles. The van der Waals surface area contributed by atoms with E-state index in [2.05, 4.69) is 15.6 Å². The van der Waals surface area contributed by atoms with E-state index in [1.165, 1.54) is 18.5 Å². The van der Waals surface area contributed by atoms with Crippen molar-refractivity contribution in [1.29, 1.82) is 0 Å². The molecular formula is C16H13N3O6S2. The third-order valence-electron chi connectivity index (χ3n) is 3.21. The summed E-state index contributed by atoms with van der Waals surface area (Å²) in [5, 5.41) is 14.5. The third-order valence-corrected chi connectivity index (χ3v) is 4.33. The molecule has 0 spiro atoms. The molecule has 27 heavy (non-hydrogen) atoms. The number of hydrogen-bond acceptors (Lipinski definition) is 7. The molecule has 3 N–H and O–H groups in total. The first-order chi connectivity index (χ1) is 12.8. The van der Waals surface area contributed by atoms with E-state index in [0.717, 1.165) is 6.26 Å². The first-order valence-electron chi connectivity index (χ1n) is 7.37. The molecule has 0 bridgehead atoms. The lowest BCUT2D eigenvalue weighted by atomic mass is 10.0. The number of nitrogens with one attached hydrogen (secondary N) is 2. The van der Waals surface area contributed by atoms with Crippen molar-refractivity contribution < 1.29 is 29.0 Å². The van der Waals surface area contributed by atoms with Crippen LogP contribution in [0, 0.1) is 0 Å². The predicted octanol–water partition coefficient (Wildman–Crippen LogP) is 0.561. The van der Waals surface area contributed by atoms with E-state index in [9.17, 15) is 24.3 Å². The fraction of sp³-hybridized carbons (Fsp3) is 0.125. The van der Waals surface area contributed by atoms with Crippen LogP contribution in [0.5, 0.6) is 0 Å². The maximum absolute atomic E-state index is 12.3. The Morgan fingerprint density at radius 1 is 1.37 bits per heavy atom. The SMILES string of the molecule is CNC(=S)NC1=COC(=O)C2=CC=CCC2=CSC(=O)C(C(=O)O)=NC1=O. The van der Waals surface area contributed by atoms with Gasteiger partial charge in [-0.25, -0.2) is 9.59 Å². The Morgan fingerprint density at radius 2 is 2.11 bits per heavy atom. The summed E-state index contributed by atoms with van der Waals surface area (Å²) < 4.78 is 5.01. The van der Waals surface area contributed by atoms with Crippen molar-refractivity contribution >= 4 is 57.8 Å². The summed E-state index contributed by atoms with van der Waals surface area (Å²) in [6.07, 6.45) is 6.00. The van der Waals surface area contributed by atoms with Gasteiger partial charge in [0.05, 0.1) is 5.57 Å². The topological polar surface area (TPSA) is 134 Å². The van der Waals surface area contributed by atoms with E-state index in [0.29, 0.717) is 23.8 Å². The van der Waals surface area contributed by atoms with Crippen LogP contribution < -0.4 is 10.6 Å². The molecule has 2 rings (SSSR count). The molecule has 0 aromatic heterocycles. The number of esters is 1. The van der Waals surface area contributed by atoms with Gasteiger partial charge in [-0.05, 0) is 35.7 Å². The summed E-state index contributed by atoms with van der Waals surface area (Å²) >= 11 is 5.39. The van der Waals surface area contributed by atoms with Gasteiger partial charge in [0, 0.05) is 7.05 Å². The highest BCUT2D eigenvalue weighted by atomic mass is 32.2. The minimum absolute atomic E-state index is 0.00841. The molecule has 0 aromatic carbocycles. The van der Waals surface area contributed by atoms with E-state index in [-0.39, 0.29) is 10.7 Å². The number of carboxylic acid groups (broad SMARTS) is 1. The van der Waals surface area contributed by atoms with Crippen molar-refractivity contribution in [3.63, 3.8) is 0 Å². The number of cyclic esters (lactones) is 1. The van der Waals surface area contributed by atoms with Gasteiger partial charge < -0.3 is 20.5 Å². The van der Waals surface area contributed by atoms with Gasteiger partial charge in [-0.3, -0.25) is 9.59 Å². The molecule has 9 nitrogen and oxygen atoms in total. The van der Waals surface area contributed by atoms with Crippen LogP contribution in [-0.2, 0) is 23.9 Å². The second kappa shape index (κ2) is 9.05. The van der Waals surface area contributed by atoms with Crippen LogP contribution in [-0.4, -0.2) is 45.9 Å². The summed E-state index contributed by atoms with van der Waals surface area (Å²) in [5.74, 6) is -3.57. The zero-order chi connectivity index (χ0) is 20.0. The first-order valence-corrected chi connectivity index (χ1v) is 8.65. The molecule has 11 heteroatoms. The molecule has 1 amide bonds. The maximum Gasteiger partial charge on any atom is 0.359 e. The van der Waals surface area contributed by atoms with Gasteiger partial charge in [0.15, 0.2) is 5.11 Å². The Kier molecular flexibility index (Phi) is 6.79. The highest BCUT2D eigenvalue weighted by molar-refractivity contribution is 8.18. The average Bonchev–Trinajstić information content (AvgIpc) is 2.65. The van der Waals surface area contributed by atoms with Gasteiger partial charge in [0.1, 0.15) is 12.0 Å². The van der Waals surface area contributed by atoms with Gasteiger partial charge in [0.25, 0.3) is 5.91 Å². The van der Waals surface area contributed by atoms with Crippen molar-refractivity contribution in [2.75, 3.05) is 7.05 Å². The minimum atomic E-state index is -1.66. The highest BCUT2D eigenvalue weighted by Crippen LogP contribution is 2.25. The Morgan fingerprint density at radius 3 is 2.78 bits per heavy atom. The van der Waals surface area contributed by atoms with E-state index >= 15 is 0 Å². The zero-order valence-corrected chi connectivity index (χ0v) is 15.5. The van der Waals surface area contributed by atoms with Crippen LogP contribution in [0.2, 0.25) is 0 Å². The second-order valence-electron chi connectivity index (χ2n) is 4.97. The number of carboxylic acids is 1. The van der Waals surface area contributed by atoms with Crippen molar-refractivity contribution in [2.45, 2.75) is 6.42 Å². The molecule has 0 saturated carbocycles. The van der Waals surface area contributed by atoms with Crippen molar-refractivity contribution in [1.82, 2.24) is 10.6 Å². The van der Waals surface area contributed by atoms with Gasteiger partial charge in [-0.2, -0.15) is 4.99 Å². The number of rotatable bonds is 2. The number of allylic oxidation sites excluding steroid dienone is 3. The quantitative estimate of drug-likeness (QED) is 0.440. The predicted molar refractivity (Wildman–Crippen MR) is 102 cm³/mol. The number of nitrogens with zero attached hydrogens (tertiary/aromatic N) is 1. The van der Waals surface area contributed by atoms with Gasteiger partial charge in [-0.15, -0.1) is 0 Å². The Labute approximate surface area is 162 Å². The highest BCUT2D eigenvalue weighted by Gasteiger charge is 2.25. The average molecular weight is 407 g/mol. The monoisotopic (exact) mass is 407 g/mol. The largest absolute Gasteiger partial charge is 0.476 e. The van der Waals surface area contributed by atoms with Crippen LogP contribution >= 0.6 is 24.0 Å². The lowest BCUT2D eigenvalue weighted by Gasteiger charge is -2.13. The lowest BCUT2D eigenvalue weighted by molar-refractivity contribution is -0.133. The zero-order valence-electron chi connectivity index (χ0n) is 13.8. The molecule has 0 aromatic rings. The first kappa shape index (κ1) is 20.3. The van der Waals surface area contributed by atoms with Crippen LogP contribution in [0.3, 0.4) is 0 Å². The van der Waals surface area contributed by atoms with Gasteiger partial charge >= 0.3 is 11.9 Å². The number of thioether (sulfide) groups is 1. The standard InChI is InChI=1S/C16H13N3O6S2/c1-17-16(26)18-10-6-25-14(23)9-5-3-2-4-8(9)7-27-15(24)11(13(21)22)19-12(10)20/h2-3,5-7H,4H2,1H3,(H,21,22)(H2,17,18,26). The molecule has 0 unspecified atom stereocenters. The van der Waals surface area contributed by atoms with Crippen molar-refractivity contribution in [3.8, 4) is 0 Å². The normalized spacial score (nSPS) is 17.7. The van der Waals surface area contributed by atoms with Crippen molar-refractivity contribution in [3.05, 3.63) is 46.7 Å². The van der Waals surface area contributed by atoms with E-state index in [1.54, 1.807) is 12.2 Å². The molecule has 1 heterocycles. The summed E-state index contributed by atoms with van der Waals surface area (Å²) in [6.45, 7) is 0.